The van der Waals surface area contributed by atoms with E-state index in [1.807, 2.05) is 6.20 Å². The van der Waals surface area contributed by atoms with Crippen molar-refractivity contribution in [1.29, 1.82) is 0 Å². The zero-order valence-electron chi connectivity index (χ0n) is 8.78. The van der Waals surface area contributed by atoms with Crippen LogP contribution in [0.1, 0.15) is 12.8 Å². The molecular weight excluding hydrogens is 303 g/mol. The first kappa shape index (κ1) is 11.1. The number of anilines is 1. The van der Waals surface area contributed by atoms with E-state index in [0.717, 1.165) is 28.5 Å². The topological polar surface area (TPSA) is 41.0 Å². The Morgan fingerprint density at radius 2 is 2.40 bits per heavy atom. The minimum atomic E-state index is 0.780. The van der Waals surface area contributed by atoms with Gasteiger partial charge in [-0.05, 0) is 35.4 Å². The van der Waals surface area contributed by atoms with Crippen molar-refractivity contribution in [3.05, 3.63) is 16.1 Å². The molecule has 0 aliphatic heterocycles. The van der Waals surface area contributed by atoms with Crippen molar-refractivity contribution in [3.8, 4) is 0 Å². The van der Waals surface area contributed by atoms with Crippen molar-refractivity contribution < 1.29 is 0 Å². The molecule has 1 saturated carbocycles. The Morgan fingerprint density at radius 1 is 1.60 bits per heavy atom. The second kappa shape index (κ2) is 5.07. The molecule has 0 saturated heterocycles. The lowest BCUT2D eigenvalue weighted by Gasteiger charge is -2.19. The molecule has 1 aromatic rings. The van der Waals surface area contributed by atoms with E-state index in [-0.39, 0.29) is 0 Å². The van der Waals surface area contributed by atoms with Gasteiger partial charge in [0.15, 0.2) is 0 Å². The molecule has 0 radical (unpaired) electrons. The number of nitrogens with one attached hydrogen (secondary N) is 1. The summed E-state index contributed by atoms with van der Waals surface area (Å²) in [6.07, 6.45) is 6.12. The Balaban J connectivity index is 1.83. The van der Waals surface area contributed by atoms with Gasteiger partial charge >= 0.3 is 0 Å². The molecule has 1 aliphatic rings. The van der Waals surface area contributed by atoms with Gasteiger partial charge in [0.2, 0.25) is 0 Å². The average Bonchev–Trinajstić information content (AvgIpc) is 3.02. The van der Waals surface area contributed by atoms with Gasteiger partial charge in [0.1, 0.15) is 12.1 Å². The molecule has 1 fully saturated rings. The SMILES string of the molecule is CN(CCNC1CC1)c1ncncc1I. The zero-order valence-corrected chi connectivity index (χ0v) is 10.9. The van der Waals surface area contributed by atoms with E-state index in [1.54, 1.807) is 6.33 Å². The number of hydrogen-bond donors (Lipinski definition) is 1. The maximum absolute atomic E-state index is 4.27. The fourth-order valence-electron chi connectivity index (χ4n) is 1.42. The number of nitrogens with zero attached hydrogens (tertiary/aromatic N) is 3. The zero-order chi connectivity index (χ0) is 10.7. The van der Waals surface area contributed by atoms with Crippen molar-refractivity contribution in [2.75, 3.05) is 25.0 Å². The second-order valence-corrected chi connectivity index (χ2v) is 5.01. The maximum atomic E-state index is 4.27. The third-order valence-electron chi connectivity index (χ3n) is 2.47. The Bertz CT molecular complexity index is 327. The minimum absolute atomic E-state index is 0.780. The van der Waals surface area contributed by atoms with Crippen molar-refractivity contribution in [2.24, 2.45) is 0 Å². The summed E-state index contributed by atoms with van der Waals surface area (Å²) in [5, 5.41) is 3.49. The fourth-order valence-corrected chi connectivity index (χ4v) is 2.13. The van der Waals surface area contributed by atoms with E-state index >= 15 is 0 Å². The van der Waals surface area contributed by atoms with Gasteiger partial charge in [-0.15, -0.1) is 0 Å². The van der Waals surface area contributed by atoms with Gasteiger partial charge in [0.25, 0.3) is 0 Å². The lowest BCUT2D eigenvalue weighted by Crippen LogP contribution is -2.31. The molecule has 0 amide bonds. The Morgan fingerprint density at radius 3 is 3.07 bits per heavy atom. The van der Waals surface area contributed by atoms with E-state index in [2.05, 4.69) is 49.8 Å². The summed E-state index contributed by atoms with van der Waals surface area (Å²) >= 11 is 2.27. The molecule has 5 heteroatoms. The Hall–Kier alpha value is -0.430. The molecule has 0 aromatic carbocycles. The molecule has 15 heavy (non-hydrogen) atoms. The van der Waals surface area contributed by atoms with Crippen molar-refractivity contribution in [1.82, 2.24) is 15.3 Å². The molecule has 1 aromatic heterocycles. The maximum Gasteiger partial charge on any atom is 0.145 e. The summed E-state index contributed by atoms with van der Waals surface area (Å²) in [6.45, 7) is 2.02. The third kappa shape index (κ3) is 3.27. The van der Waals surface area contributed by atoms with E-state index in [9.17, 15) is 0 Å². The highest BCUT2D eigenvalue weighted by Crippen LogP contribution is 2.19. The van der Waals surface area contributed by atoms with E-state index in [4.69, 9.17) is 0 Å². The van der Waals surface area contributed by atoms with Gasteiger partial charge in [0.05, 0.1) is 3.57 Å². The number of halogens is 1. The van der Waals surface area contributed by atoms with Crippen LogP contribution < -0.4 is 10.2 Å². The van der Waals surface area contributed by atoms with Crippen LogP contribution in [0.15, 0.2) is 12.5 Å². The molecule has 0 unspecified atom stereocenters. The summed E-state index contributed by atoms with van der Waals surface area (Å²) in [5.74, 6) is 1.02. The molecule has 1 N–H and O–H groups in total. The van der Waals surface area contributed by atoms with E-state index in [0.29, 0.717) is 0 Å². The van der Waals surface area contributed by atoms with Gasteiger partial charge in [-0.25, -0.2) is 9.97 Å². The highest BCUT2D eigenvalue weighted by atomic mass is 127. The number of rotatable bonds is 5. The third-order valence-corrected chi connectivity index (χ3v) is 3.23. The molecule has 1 aliphatic carbocycles. The van der Waals surface area contributed by atoms with Crippen LogP contribution in [0.4, 0.5) is 5.82 Å². The lowest BCUT2D eigenvalue weighted by molar-refractivity contribution is 0.672. The first-order chi connectivity index (χ1) is 7.27. The van der Waals surface area contributed by atoms with Crippen LogP contribution in [0.25, 0.3) is 0 Å². The van der Waals surface area contributed by atoms with Crippen molar-refractivity contribution in [2.45, 2.75) is 18.9 Å². The number of hydrogen-bond acceptors (Lipinski definition) is 4. The van der Waals surface area contributed by atoms with Gasteiger partial charge in [0, 0.05) is 32.4 Å². The smallest absolute Gasteiger partial charge is 0.145 e. The highest BCUT2D eigenvalue weighted by molar-refractivity contribution is 14.1. The standard InChI is InChI=1S/C10H15IN4/c1-15(5-4-13-8-2-3-8)10-9(11)6-12-7-14-10/h6-8,13H,2-5H2,1H3. The van der Waals surface area contributed by atoms with Gasteiger partial charge < -0.3 is 10.2 Å². The molecule has 82 valence electrons. The van der Waals surface area contributed by atoms with Crippen LogP contribution in [-0.2, 0) is 0 Å². The van der Waals surface area contributed by atoms with Crippen LogP contribution in [0, 0.1) is 3.57 Å². The molecule has 4 nitrogen and oxygen atoms in total. The first-order valence-corrected chi connectivity index (χ1v) is 6.25. The Kier molecular flexibility index (Phi) is 3.74. The van der Waals surface area contributed by atoms with Gasteiger partial charge in [-0.3, -0.25) is 0 Å². The predicted molar refractivity (Wildman–Crippen MR) is 69.0 cm³/mol. The predicted octanol–water partition coefficient (Wildman–Crippen LogP) is 1.27. The molecule has 0 spiro atoms. The van der Waals surface area contributed by atoms with Crippen molar-refractivity contribution >= 4 is 28.4 Å². The second-order valence-electron chi connectivity index (χ2n) is 3.84. The quantitative estimate of drug-likeness (QED) is 0.830. The first-order valence-electron chi connectivity index (χ1n) is 5.17. The summed E-state index contributed by atoms with van der Waals surface area (Å²) in [4.78, 5) is 10.4. The lowest BCUT2D eigenvalue weighted by atomic mass is 10.4. The van der Waals surface area contributed by atoms with Crippen LogP contribution in [0.2, 0.25) is 0 Å². The van der Waals surface area contributed by atoms with Crippen LogP contribution in [0.3, 0.4) is 0 Å². The normalized spacial score (nSPS) is 15.3. The molecule has 0 atom stereocenters. The summed E-state index contributed by atoms with van der Waals surface area (Å²) in [5.41, 5.74) is 0. The largest absolute Gasteiger partial charge is 0.357 e. The Labute approximate surface area is 104 Å². The summed E-state index contributed by atoms with van der Waals surface area (Å²) in [6, 6.07) is 0.780. The van der Waals surface area contributed by atoms with Crippen LogP contribution >= 0.6 is 22.6 Å². The minimum Gasteiger partial charge on any atom is -0.357 e. The number of aromatic nitrogens is 2. The van der Waals surface area contributed by atoms with Crippen molar-refractivity contribution in [3.63, 3.8) is 0 Å². The summed E-state index contributed by atoms with van der Waals surface area (Å²) in [7, 11) is 2.07. The highest BCUT2D eigenvalue weighted by Gasteiger charge is 2.20. The van der Waals surface area contributed by atoms with Crippen LogP contribution in [0.5, 0.6) is 0 Å². The molecule has 1 heterocycles. The molecular formula is C10H15IN4. The van der Waals surface area contributed by atoms with Gasteiger partial charge in [-0.2, -0.15) is 0 Å². The van der Waals surface area contributed by atoms with E-state index in [1.165, 1.54) is 12.8 Å². The molecule has 0 bridgehead atoms. The number of likely N-dealkylation sites (N-methyl/N-ethyl adjacent to an activating group) is 1. The van der Waals surface area contributed by atoms with E-state index < -0.39 is 0 Å². The average molecular weight is 318 g/mol. The van der Waals surface area contributed by atoms with Crippen LogP contribution in [-0.4, -0.2) is 36.1 Å². The monoisotopic (exact) mass is 318 g/mol. The molecule has 2 rings (SSSR count). The fraction of sp³-hybridized carbons (Fsp3) is 0.600. The summed E-state index contributed by atoms with van der Waals surface area (Å²) < 4.78 is 1.10. The van der Waals surface area contributed by atoms with Gasteiger partial charge in [-0.1, -0.05) is 0 Å².